The molecule has 0 aromatic heterocycles. The van der Waals surface area contributed by atoms with Gasteiger partial charge in [0.1, 0.15) is 0 Å². The molecule has 1 heteroatoms. The summed E-state index contributed by atoms with van der Waals surface area (Å²) in [6.07, 6.45) is 13.6. The second-order valence-electron chi connectivity index (χ2n) is 7.42. The SMILES string of the molecule is C=C(C)[C@@H]1CCC(C)=CCC/C(C)=C\CC[C@]2(C)O[C@H]2C1. The third-order valence-electron chi connectivity index (χ3n) is 5.28. The van der Waals surface area contributed by atoms with Crippen molar-refractivity contribution in [3.8, 4) is 0 Å². The van der Waals surface area contributed by atoms with Crippen LogP contribution in [0.25, 0.3) is 0 Å². The molecule has 0 aromatic carbocycles. The van der Waals surface area contributed by atoms with Crippen LogP contribution in [0.4, 0.5) is 0 Å². The lowest BCUT2D eigenvalue weighted by Gasteiger charge is -2.17. The number of hydrogen-bond donors (Lipinski definition) is 0. The molecule has 2 aliphatic rings. The molecule has 0 spiro atoms. The molecule has 0 aromatic rings. The van der Waals surface area contributed by atoms with Crippen molar-refractivity contribution < 1.29 is 4.74 Å². The molecule has 1 aliphatic carbocycles. The average Bonchev–Trinajstić information content (AvgIpc) is 3.03. The first-order valence-corrected chi connectivity index (χ1v) is 8.55. The van der Waals surface area contributed by atoms with E-state index >= 15 is 0 Å². The van der Waals surface area contributed by atoms with Gasteiger partial charge >= 0.3 is 0 Å². The van der Waals surface area contributed by atoms with Gasteiger partial charge in [-0.05, 0) is 78.6 Å². The Bertz CT molecular complexity index is 443. The van der Waals surface area contributed by atoms with Gasteiger partial charge in [-0.25, -0.2) is 0 Å². The Morgan fingerprint density at radius 3 is 2.57 bits per heavy atom. The smallest absolute Gasteiger partial charge is 0.0923 e. The number of ether oxygens (including phenoxy) is 1. The lowest BCUT2D eigenvalue weighted by Crippen LogP contribution is -2.14. The summed E-state index contributed by atoms with van der Waals surface area (Å²) in [5.41, 5.74) is 4.50. The highest BCUT2D eigenvalue weighted by molar-refractivity contribution is 5.10. The fourth-order valence-corrected chi connectivity index (χ4v) is 3.39. The first-order chi connectivity index (χ1) is 9.90. The zero-order valence-electron chi connectivity index (χ0n) is 14.4. The van der Waals surface area contributed by atoms with Crippen LogP contribution in [-0.4, -0.2) is 11.7 Å². The number of epoxide rings is 1. The van der Waals surface area contributed by atoms with Crippen LogP contribution in [0.5, 0.6) is 0 Å². The Morgan fingerprint density at radius 2 is 1.86 bits per heavy atom. The lowest BCUT2D eigenvalue weighted by atomic mass is 9.86. The summed E-state index contributed by atoms with van der Waals surface area (Å²) in [7, 11) is 0. The topological polar surface area (TPSA) is 12.5 Å². The first-order valence-electron chi connectivity index (χ1n) is 8.55. The van der Waals surface area contributed by atoms with Crippen molar-refractivity contribution in [2.75, 3.05) is 0 Å². The van der Waals surface area contributed by atoms with E-state index in [0.29, 0.717) is 12.0 Å². The summed E-state index contributed by atoms with van der Waals surface area (Å²) in [4.78, 5) is 0. The van der Waals surface area contributed by atoms with Crippen LogP contribution < -0.4 is 0 Å². The molecular weight excluding hydrogens is 256 g/mol. The molecule has 1 fully saturated rings. The fourth-order valence-electron chi connectivity index (χ4n) is 3.39. The van der Waals surface area contributed by atoms with E-state index in [0.717, 1.165) is 19.3 Å². The summed E-state index contributed by atoms with van der Waals surface area (Å²) >= 11 is 0. The van der Waals surface area contributed by atoms with Crippen molar-refractivity contribution in [2.45, 2.75) is 84.3 Å². The van der Waals surface area contributed by atoms with Gasteiger partial charge in [-0.1, -0.05) is 35.5 Å². The van der Waals surface area contributed by atoms with E-state index in [-0.39, 0.29) is 5.60 Å². The molecule has 2 rings (SSSR count). The summed E-state index contributed by atoms with van der Waals surface area (Å²) in [5.74, 6) is 0.611. The maximum atomic E-state index is 6.04. The first kappa shape index (κ1) is 16.5. The van der Waals surface area contributed by atoms with E-state index in [1.807, 2.05) is 0 Å². The molecular formula is C20H32O. The normalized spacial score (nSPS) is 37.5. The van der Waals surface area contributed by atoms with Gasteiger partial charge in [0.25, 0.3) is 0 Å². The largest absolute Gasteiger partial charge is 0.366 e. The van der Waals surface area contributed by atoms with Crippen molar-refractivity contribution in [2.24, 2.45) is 5.92 Å². The third-order valence-corrected chi connectivity index (χ3v) is 5.28. The zero-order chi connectivity index (χ0) is 15.5. The monoisotopic (exact) mass is 288 g/mol. The molecule has 1 aliphatic heterocycles. The molecule has 118 valence electrons. The number of allylic oxidation sites excluding steroid dienone is 5. The predicted molar refractivity (Wildman–Crippen MR) is 91.4 cm³/mol. The van der Waals surface area contributed by atoms with Crippen molar-refractivity contribution in [3.05, 3.63) is 35.5 Å². The summed E-state index contributed by atoms with van der Waals surface area (Å²) in [6, 6.07) is 0. The van der Waals surface area contributed by atoms with E-state index in [1.54, 1.807) is 0 Å². The Kier molecular flexibility index (Phi) is 5.48. The average molecular weight is 288 g/mol. The van der Waals surface area contributed by atoms with E-state index in [2.05, 4.69) is 46.4 Å². The molecule has 1 saturated heterocycles. The Hall–Kier alpha value is -0.820. The van der Waals surface area contributed by atoms with E-state index in [4.69, 9.17) is 4.74 Å². The molecule has 0 N–H and O–H groups in total. The Labute approximate surface area is 131 Å². The molecule has 0 amide bonds. The van der Waals surface area contributed by atoms with Gasteiger partial charge < -0.3 is 4.74 Å². The van der Waals surface area contributed by atoms with E-state index in [1.165, 1.54) is 42.4 Å². The standard InChI is InChI=1S/C20H32O/c1-15(2)18-12-11-17(4)9-6-8-16(3)10-7-13-20(5)19(14-18)21-20/h9-10,18-19H,1,6-8,11-14H2,2-5H3/b16-10-,17-9?/t18-,19+,20+/m1/s1. The molecule has 0 radical (unpaired) electrons. The minimum atomic E-state index is 0.124. The molecule has 21 heavy (non-hydrogen) atoms. The molecule has 0 unspecified atom stereocenters. The van der Waals surface area contributed by atoms with Crippen molar-refractivity contribution >= 4 is 0 Å². The van der Waals surface area contributed by atoms with Gasteiger partial charge in [-0.15, -0.1) is 0 Å². The van der Waals surface area contributed by atoms with Gasteiger partial charge in [0.2, 0.25) is 0 Å². The van der Waals surface area contributed by atoms with Crippen LogP contribution >= 0.6 is 0 Å². The summed E-state index contributed by atoms with van der Waals surface area (Å²) < 4.78 is 6.04. The Morgan fingerprint density at radius 1 is 1.19 bits per heavy atom. The summed E-state index contributed by atoms with van der Waals surface area (Å²) in [5, 5.41) is 0. The quantitative estimate of drug-likeness (QED) is 0.427. The van der Waals surface area contributed by atoms with Crippen molar-refractivity contribution in [1.82, 2.24) is 0 Å². The lowest BCUT2D eigenvalue weighted by molar-refractivity contribution is 0.289. The molecule has 0 saturated carbocycles. The number of fused-ring (bicyclic) bond motifs is 1. The van der Waals surface area contributed by atoms with Crippen molar-refractivity contribution in [1.29, 1.82) is 0 Å². The number of rotatable bonds is 1. The van der Waals surface area contributed by atoms with Crippen LogP contribution in [0.2, 0.25) is 0 Å². The molecule has 1 nitrogen and oxygen atoms in total. The van der Waals surface area contributed by atoms with Crippen LogP contribution in [0, 0.1) is 5.92 Å². The molecule has 1 heterocycles. The molecule has 3 atom stereocenters. The van der Waals surface area contributed by atoms with Gasteiger partial charge in [0.15, 0.2) is 0 Å². The van der Waals surface area contributed by atoms with Gasteiger partial charge in [0.05, 0.1) is 11.7 Å². The maximum absolute atomic E-state index is 6.04. The van der Waals surface area contributed by atoms with Gasteiger partial charge in [-0.3, -0.25) is 0 Å². The van der Waals surface area contributed by atoms with Crippen LogP contribution in [0.1, 0.15) is 72.6 Å². The second kappa shape index (κ2) is 6.96. The van der Waals surface area contributed by atoms with Gasteiger partial charge in [0, 0.05) is 0 Å². The second-order valence-corrected chi connectivity index (χ2v) is 7.42. The van der Waals surface area contributed by atoms with Crippen LogP contribution in [-0.2, 0) is 4.74 Å². The zero-order valence-corrected chi connectivity index (χ0v) is 14.4. The third kappa shape index (κ3) is 4.85. The highest BCUT2D eigenvalue weighted by Crippen LogP contribution is 2.45. The molecule has 0 bridgehead atoms. The maximum Gasteiger partial charge on any atom is 0.0923 e. The highest BCUT2D eigenvalue weighted by atomic mass is 16.6. The van der Waals surface area contributed by atoms with E-state index < -0.39 is 0 Å². The number of hydrogen-bond acceptors (Lipinski definition) is 1. The Balaban J connectivity index is 2.05. The minimum absolute atomic E-state index is 0.124. The van der Waals surface area contributed by atoms with E-state index in [9.17, 15) is 0 Å². The van der Waals surface area contributed by atoms with Crippen molar-refractivity contribution in [3.63, 3.8) is 0 Å². The van der Waals surface area contributed by atoms with Gasteiger partial charge in [-0.2, -0.15) is 0 Å². The van der Waals surface area contributed by atoms with Crippen LogP contribution in [0.3, 0.4) is 0 Å². The minimum Gasteiger partial charge on any atom is -0.366 e. The highest BCUT2D eigenvalue weighted by Gasteiger charge is 2.51. The fraction of sp³-hybridized carbons (Fsp3) is 0.700. The predicted octanol–water partition coefficient (Wildman–Crippen LogP) is 5.97. The summed E-state index contributed by atoms with van der Waals surface area (Å²) in [6.45, 7) is 13.2. The van der Waals surface area contributed by atoms with Crippen LogP contribution in [0.15, 0.2) is 35.5 Å².